The van der Waals surface area contributed by atoms with E-state index >= 15 is 0 Å². The zero-order chi connectivity index (χ0) is 19.1. The Morgan fingerprint density at radius 3 is 2.50 bits per heavy atom. The average Bonchev–Trinajstić information content (AvgIpc) is 2.95. The Kier molecular flexibility index (Phi) is 4.79. The van der Waals surface area contributed by atoms with E-state index in [4.69, 9.17) is 21.4 Å². The molecule has 1 aromatic carbocycles. The van der Waals surface area contributed by atoms with Gasteiger partial charge in [0.1, 0.15) is 11.1 Å². The number of ether oxygens (including phenoxy) is 1. The Labute approximate surface area is 155 Å². The van der Waals surface area contributed by atoms with Crippen molar-refractivity contribution in [3.8, 4) is 0 Å². The van der Waals surface area contributed by atoms with Gasteiger partial charge < -0.3 is 14.7 Å². The molecule has 0 bridgehead atoms. The highest BCUT2D eigenvalue weighted by Crippen LogP contribution is 2.29. The monoisotopic (exact) mass is 380 g/mol. The molecule has 8 nitrogen and oxygen atoms in total. The van der Waals surface area contributed by atoms with Gasteiger partial charge in [0.15, 0.2) is 0 Å². The van der Waals surface area contributed by atoms with Crippen LogP contribution in [0.3, 0.4) is 0 Å². The number of benzene rings is 1. The maximum absolute atomic E-state index is 12.2. The maximum Gasteiger partial charge on any atom is 0.410 e. The third-order valence-corrected chi connectivity index (χ3v) is 4.57. The van der Waals surface area contributed by atoms with Crippen molar-refractivity contribution in [2.45, 2.75) is 45.3 Å². The number of amides is 1. The van der Waals surface area contributed by atoms with E-state index in [1.807, 2.05) is 20.8 Å². The third-order valence-electron chi connectivity index (χ3n) is 4.25. The first kappa shape index (κ1) is 18.4. The summed E-state index contributed by atoms with van der Waals surface area (Å²) in [5.74, 6) is -1.10. The number of hydrogen-bond acceptors (Lipinski definition) is 5. The summed E-state index contributed by atoms with van der Waals surface area (Å²) in [6.07, 6.45) is 1.10. The van der Waals surface area contributed by atoms with Gasteiger partial charge in [-0.3, -0.25) is 0 Å². The molecule has 0 unspecified atom stereocenters. The molecule has 3 rings (SSSR count). The number of aromatic carboxylic acids is 1. The maximum atomic E-state index is 12.2. The van der Waals surface area contributed by atoms with Crippen LogP contribution in [-0.2, 0) is 4.74 Å². The van der Waals surface area contributed by atoms with Gasteiger partial charge in [0.25, 0.3) is 0 Å². The number of hydrogen-bond donors (Lipinski definition) is 1. The summed E-state index contributed by atoms with van der Waals surface area (Å²) in [7, 11) is 0. The number of carboxylic acid groups (broad SMARTS) is 1. The van der Waals surface area contributed by atoms with Crippen LogP contribution in [0.15, 0.2) is 12.1 Å². The highest BCUT2D eigenvalue weighted by molar-refractivity contribution is 6.34. The average molecular weight is 381 g/mol. The fourth-order valence-corrected chi connectivity index (χ4v) is 3.25. The smallest absolute Gasteiger partial charge is 0.410 e. The highest BCUT2D eigenvalue weighted by Gasteiger charge is 2.29. The Morgan fingerprint density at radius 2 is 1.92 bits per heavy atom. The number of rotatable bonds is 2. The van der Waals surface area contributed by atoms with Crippen LogP contribution in [-0.4, -0.2) is 55.8 Å². The van der Waals surface area contributed by atoms with E-state index in [1.54, 1.807) is 15.6 Å². The second kappa shape index (κ2) is 6.75. The van der Waals surface area contributed by atoms with Crippen LogP contribution in [0.4, 0.5) is 4.79 Å². The van der Waals surface area contributed by atoms with E-state index < -0.39 is 11.6 Å². The molecule has 0 spiro atoms. The van der Waals surface area contributed by atoms with Crippen LogP contribution in [0.5, 0.6) is 0 Å². The van der Waals surface area contributed by atoms with Gasteiger partial charge in [-0.2, -0.15) is 0 Å². The fraction of sp³-hybridized carbons (Fsp3) is 0.529. The summed E-state index contributed by atoms with van der Waals surface area (Å²) in [5.41, 5.74) is 0.664. The van der Waals surface area contributed by atoms with E-state index in [0.717, 1.165) is 0 Å². The molecule has 9 heteroatoms. The van der Waals surface area contributed by atoms with Crippen LogP contribution in [0.25, 0.3) is 11.0 Å². The number of aromatic nitrogens is 3. The van der Waals surface area contributed by atoms with Gasteiger partial charge >= 0.3 is 12.1 Å². The van der Waals surface area contributed by atoms with Gasteiger partial charge in [-0.1, -0.05) is 16.8 Å². The quantitative estimate of drug-likeness (QED) is 0.857. The van der Waals surface area contributed by atoms with Gasteiger partial charge in [0.05, 0.1) is 22.1 Å². The van der Waals surface area contributed by atoms with Crippen molar-refractivity contribution in [2.75, 3.05) is 13.1 Å². The van der Waals surface area contributed by atoms with E-state index in [9.17, 15) is 9.59 Å². The third kappa shape index (κ3) is 3.75. The second-order valence-electron chi connectivity index (χ2n) is 7.36. The molecule has 140 valence electrons. The SMILES string of the molecule is CC(C)(C)OC(=O)N1CCC(n2nnc3cc(C(=O)O)c(Cl)cc32)CC1. The first-order chi connectivity index (χ1) is 12.2. The molecular weight excluding hydrogens is 360 g/mol. The normalized spacial score (nSPS) is 16.1. The van der Waals surface area contributed by atoms with Crippen LogP contribution in [0, 0.1) is 0 Å². The Morgan fingerprint density at radius 1 is 1.27 bits per heavy atom. The van der Waals surface area contributed by atoms with Crippen molar-refractivity contribution in [3.05, 3.63) is 22.7 Å². The zero-order valence-corrected chi connectivity index (χ0v) is 15.7. The molecule has 2 aromatic rings. The van der Waals surface area contributed by atoms with Crippen molar-refractivity contribution in [3.63, 3.8) is 0 Å². The lowest BCUT2D eigenvalue weighted by atomic mass is 10.1. The minimum Gasteiger partial charge on any atom is -0.478 e. The largest absolute Gasteiger partial charge is 0.478 e. The highest BCUT2D eigenvalue weighted by atomic mass is 35.5. The van der Waals surface area contributed by atoms with Crippen molar-refractivity contribution < 1.29 is 19.4 Å². The number of fused-ring (bicyclic) bond motifs is 1. The molecule has 26 heavy (non-hydrogen) atoms. The Hall–Kier alpha value is -2.35. The number of carbonyl (C=O) groups excluding carboxylic acids is 1. The van der Waals surface area contributed by atoms with Gasteiger partial charge in [0.2, 0.25) is 0 Å². The van der Waals surface area contributed by atoms with Gasteiger partial charge in [0, 0.05) is 13.1 Å². The standard InChI is InChI=1S/C17H21ClN4O4/c1-17(2,3)26-16(25)21-6-4-10(5-7-21)22-14-9-12(18)11(15(23)24)8-13(14)19-20-22/h8-10H,4-7H2,1-3H3,(H,23,24). The number of halogens is 1. The van der Waals surface area contributed by atoms with E-state index in [0.29, 0.717) is 37.0 Å². The molecule has 2 heterocycles. The van der Waals surface area contributed by atoms with Crippen LogP contribution in [0.2, 0.25) is 5.02 Å². The first-order valence-corrected chi connectivity index (χ1v) is 8.79. The lowest BCUT2D eigenvalue weighted by Crippen LogP contribution is -2.42. The molecule has 1 aliphatic heterocycles. The van der Waals surface area contributed by atoms with Crippen molar-refractivity contribution >= 4 is 34.7 Å². The van der Waals surface area contributed by atoms with E-state index in [-0.39, 0.29) is 22.7 Å². The predicted octanol–water partition coefficient (Wildman–Crippen LogP) is 3.35. The fourth-order valence-electron chi connectivity index (χ4n) is 3.01. The summed E-state index contributed by atoms with van der Waals surface area (Å²) in [5, 5.41) is 17.5. The van der Waals surface area contributed by atoms with E-state index in [1.165, 1.54) is 6.07 Å². The number of likely N-dealkylation sites (tertiary alicyclic amines) is 1. The molecule has 1 saturated heterocycles. The number of piperidine rings is 1. The Balaban J connectivity index is 1.75. The molecule has 0 atom stereocenters. The van der Waals surface area contributed by atoms with Crippen molar-refractivity contribution in [2.24, 2.45) is 0 Å². The topological polar surface area (TPSA) is 97.5 Å². The lowest BCUT2D eigenvalue weighted by molar-refractivity contribution is 0.0185. The first-order valence-electron chi connectivity index (χ1n) is 8.41. The molecular formula is C17H21ClN4O4. The molecule has 0 radical (unpaired) electrons. The second-order valence-corrected chi connectivity index (χ2v) is 7.77. The zero-order valence-electron chi connectivity index (χ0n) is 14.9. The summed E-state index contributed by atoms with van der Waals surface area (Å²) in [4.78, 5) is 25.0. The van der Waals surface area contributed by atoms with Crippen molar-refractivity contribution in [1.82, 2.24) is 19.9 Å². The Bertz CT molecular complexity index is 850. The van der Waals surface area contributed by atoms with Crippen LogP contribution >= 0.6 is 11.6 Å². The molecule has 0 saturated carbocycles. The number of nitrogens with zero attached hydrogens (tertiary/aromatic N) is 4. The summed E-state index contributed by atoms with van der Waals surface area (Å²) in [6.45, 7) is 6.64. The van der Waals surface area contributed by atoms with Gasteiger partial charge in [-0.25, -0.2) is 14.3 Å². The van der Waals surface area contributed by atoms with Crippen molar-refractivity contribution in [1.29, 1.82) is 0 Å². The summed E-state index contributed by atoms with van der Waals surface area (Å²) < 4.78 is 7.17. The van der Waals surface area contributed by atoms with Gasteiger partial charge in [-0.15, -0.1) is 5.10 Å². The van der Waals surface area contributed by atoms with E-state index in [2.05, 4.69) is 10.3 Å². The summed E-state index contributed by atoms with van der Waals surface area (Å²) >= 11 is 6.07. The molecule has 1 amide bonds. The molecule has 1 fully saturated rings. The number of carbonyl (C=O) groups is 2. The lowest BCUT2D eigenvalue weighted by Gasteiger charge is -2.33. The summed E-state index contributed by atoms with van der Waals surface area (Å²) in [6, 6.07) is 3.07. The van der Waals surface area contributed by atoms with Crippen LogP contribution < -0.4 is 0 Å². The number of carboxylic acids is 1. The molecule has 1 aliphatic rings. The molecule has 0 aliphatic carbocycles. The molecule has 1 aromatic heterocycles. The predicted molar refractivity (Wildman–Crippen MR) is 95.6 cm³/mol. The van der Waals surface area contributed by atoms with Gasteiger partial charge in [-0.05, 0) is 45.7 Å². The molecule has 1 N–H and O–H groups in total. The minimum atomic E-state index is -1.10. The minimum absolute atomic E-state index is 0.00552. The van der Waals surface area contributed by atoms with Crippen LogP contribution in [0.1, 0.15) is 50.0 Å².